The van der Waals surface area contributed by atoms with Crippen LogP contribution < -0.4 is 14.5 Å². The van der Waals surface area contributed by atoms with Crippen molar-refractivity contribution in [1.29, 1.82) is 0 Å². The van der Waals surface area contributed by atoms with E-state index in [0.717, 1.165) is 19.3 Å². The highest BCUT2D eigenvalue weighted by molar-refractivity contribution is 6.22. The first-order valence-electron chi connectivity index (χ1n) is 12.1. The Morgan fingerprint density at radius 1 is 0.889 bits per heavy atom. The fourth-order valence-corrected chi connectivity index (χ4v) is 6.40. The number of non-ortho nitro benzene ring substituents is 1. The number of fused-ring (bicyclic) bond motifs is 5. The predicted molar refractivity (Wildman–Crippen MR) is 126 cm³/mol. The minimum atomic E-state index is -0.691. The van der Waals surface area contributed by atoms with Gasteiger partial charge in [-0.05, 0) is 67.5 Å². The number of hydrogen-bond donors (Lipinski definition) is 0. The number of ether oxygens (including phenoxy) is 1. The Morgan fingerprint density at radius 2 is 1.47 bits per heavy atom. The molecule has 0 aromatic heterocycles. The molecule has 2 bridgehead atoms. The Hall–Kier alpha value is -4.08. The first-order chi connectivity index (χ1) is 17.3. The SMILES string of the molecule is O=C(Oc1ccc(N2C(=O)[C@@H]3[C@H]4CC[C@@H](C4)[C@@H]3C2=O)cc1)[C@@H]1CC(=O)N(c2ccc([N+](=O)[O-])cc2)C1. The Bertz CT molecular complexity index is 1260. The molecule has 10 nitrogen and oxygen atoms in total. The third kappa shape index (κ3) is 3.47. The van der Waals surface area contributed by atoms with Crippen molar-refractivity contribution in [2.24, 2.45) is 29.6 Å². The minimum Gasteiger partial charge on any atom is -0.426 e. The number of carbonyl (C=O) groups is 4. The highest BCUT2D eigenvalue weighted by Crippen LogP contribution is 2.56. The number of hydrogen-bond acceptors (Lipinski definition) is 7. The average Bonchev–Trinajstić information content (AvgIpc) is 3.63. The fourth-order valence-electron chi connectivity index (χ4n) is 6.40. The van der Waals surface area contributed by atoms with Gasteiger partial charge in [0.05, 0.1) is 28.4 Å². The molecule has 2 saturated heterocycles. The summed E-state index contributed by atoms with van der Waals surface area (Å²) in [7, 11) is 0. The second-order valence-electron chi connectivity index (χ2n) is 9.99. The van der Waals surface area contributed by atoms with E-state index in [4.69, 9.17) is 4.74 Å². The monoisotopic (exact) mass is 489 g/mol. The molecule has 0 radical (unpaired) electrons. The van der Waals surface area contributed by atoms with Crippen LogP contribution in [-0.2, 0) is 19.2 Å². The molecule has 2 aliphatic heterocycles. The van der Waals surface area contributed by atoms with Gasteiger partial charge in [-0.3, -0.25) is 34.2 Å². The first kappa shape index (κ1) is 22.4. The molecule has 2 aliphatic carbocycles. The molecule has 6 rings (SSSR count). The van der Waals surface area contributed by atoms with Crippen LogP contribution in [-0.4, -0.2) is 35.2 Å². The second kappa shape index (κ2) is 8.25. The Kier molecular flexibility index (Phi) is 5.13. The van der Waals surface area contributed by atoms with Gasteiger partial charge < -0.3 is 9.64 Å². The molecule has 0 unspecified atom stereocenters. The molecule has 36 heavy (non-hydrogen) atoms. The average molecular weight is 489 g/mol. The van der Waals surface area contributed by atoms with Crippen molar-refractivity contribution in [3.63, 3.8) is 0 Å². The molecule has 2 aromatic rings. The van der Waals surface area contributed by atoms with Crippen LogP contribution in [0.3, 0.4) is 0 Å². The summed E-state index contributed by atoms with van der Waals surface area (Å²) in [6, 6.07) is 11.9. The molecule has 4 fully saturated rings. The van der Waals surface area contributed by atoms with Gasteiger partial charge in [0, 0.05) is 30.8 Å². The summed E-state index contributed by atoms with van der Waals surface area (Å²) in [5.41, 5.74) is 0.861. The summed E-state index contributed by atoms with van der Waals surface area (Å²) >= 11 is 0. The van der Waals surface area contributed by atoms with Crippen LogP contribution in [0.4, 0.5) is 17.1 Å². The van der Waals surface area contributed by atoms with Crippen molar-refractivity contribution in [3.05, 3.63) is 58.6 Å². The lowest BCUT2D eigenvalue weighted by molar-refractivity contribution is -0.384. The number of nitro benzene ring substituents is 1. The third-order valence-corrected chi connectivity index (χ3v) is 8.07. The Labute approximate surface area is 206 Å². The quantitative estimate of drug-likeness (QED) is 0.208. The number of amides is 3. The van der Waals surface area contributed by atoms with Gasteiger partial charge >= 0.3 is 5.97 Å². The van der Waals surface area contributed by atoms with Crippen LogP contribution >= 0.6 is 0 Å². The van der Waals surface area contributed by atoms with Gasteiger partial charge in [0.15, 0.2) is 0 Å². The zero-order valence-corrected chi connectivity index (χ0v) is 19.2. The van der Waals surface area contributed by atoms with Gasteiger partial charge in [0.1, 0.15) is 5.75 Å². The zero-order valence-electron chi connectivity index (χ0n) is 19.2. The van der Waals surface area contributed by atoms with Gasteiger partial charge in [0.25, 0.3) is 5.69 Å². The fraction of sp³-hybridized carbons (Fsp3) is 0.385. The molecule has 2 saturated carbocycles. The summed E-state index contributed by atoms with van der Waals surface area (Å²) < 4.78 is 5.48. The molecule has 2 heterocycles. The molecule has 4 aliphatic rings. The summed E-state index contributed by atoms with van der Waals surface area (Å²) in [5.74, 6) is -1.32. The lowest BCUT2D eigenvalue weighted by Crippen LogP contribution is -2.32. The van der Waals surface area contributed by atoms with E-state index in [-0.39, 0.29) is 54.0 Å². The van der Waals surface area contributed by atoms with E-state index in [0.29, 0.717) is 23.2 Å². The van der Waals surface area contributed by atoms with E-state index in [1.54, 1.807) is 24.3 Å². The van der Waals surface area contributed by atoms with Crippen LogP contribution in [0.5, 0.6) is 5.75 Å². The molecule has 10 heteroatoms. The van der Waals surface area contributed by atoms with Gasteiger partial charge in [-0.25, -0.2) is 0 Å². The second-order valence-corrected chi connectivity index (χ2v) is 9.99. The summed E-state index contributed by atoms with van der Waals surface area (Å²) in [6.07, 6.45) is 2.97. The molecule has 0 spiro atoms. The lowest BCUT2D eigenvalue weighted by atomic mass is 9.81. The van der Waals surface area contributed by atoms with Crippen LogP contribution in [0.2, 0.25) is 0 Å². The molecule has 2 aromatic carbocycles. The van der Waals surface area contributed by atoms with E-state index < -0.39 is 16.8 Å². The van der Waals surface area contributed by atoms with E-state index in [1.807, 2.05) is 0 Å². The summed E-state index contributed by atoms with van der Waals surface area (Å²) in [6.45, 7) is 0.107. The topological polar surface area (TPSA) is 127 Å². The third-order valence-electron chi connectivity index (χ3n) is 8.07. The van der Waals surface area contributed by atoms with Crippen molar-refractivity contribution in [2.45, 2.75) is 25.7 Å². The highest BCUT2D eigenvalue weighted by atomic mass is 16.6. The molecular formula is C26H23N3O7. The van der Waals surface area contributed by atoms with Gasteiger partial charge in [-0.15, -0.1) is 0 Å². The number of benzene rings is 2. The number of imide groups is 1. The van der Waals surface area contributed by atoms with Gasteiger partial charge in [0.2, 0.25) is 17.7 Å². The van der Waals surface area contributed by atoms with E-state index in [2.05, 4.69) is 0 Å². The zero-order chi connectivity index (χ0) is 25.1. The number of nitro groups is 1. The smallest absolute Gasteiger partial charge is 0.316 e. The predicted octanol–water partition coefficient (Wildman–Crippen LogP) is 3.09. The van der Waals surface area contributed by atoms with Crippen molar-refractivity contribution < 1.29 is 28.8 Å². The van der Waals surface area contributed by atoms with Crippen molar-refractivity contribution in [3.8, 4) is 5.75 Å². The van der Waals surface area contributed by atoms with Crippen LogP contribution in [0.25, 0.3) is 0 Å². The van der Waals surface area contributed by atoms with Crippen LogP contribution in [0, 0.1) is 39.7 Å². The molecule has 0 N–H and O–H groups in total. The molecular weight excluding hydrogens is 466 g/mol. The standard InChI is InChI=1S/C26H23N3O7/c30-21-12-16(13-27(21)17-3-5-19(6-4-17)29(34)35)26(33)36-20-9-7-18(8-10-20)28-24(31)22-14-1-2-15(11-14)23(22)25(28)32/h3-10,14-16,22-23H,1-2,11-13H2/t14-,15-,16+,22-,23+/m0/s1. The lowest BCUT2D eigenvalue weighted by Gasteiger charge is -2.19. The highest BCUT2D eigenvalue weighted by Gasteiger charge is 2.61. The molecule has 3 amide bonds. The van der Waals surface area contributed by atoms with Crippen LogP contribution in [0.15, 0.2) is 48.5 Å². The number of carbonyl (C=O) groups excluding carboxylic acids is 4. The summed E-state index contributed by atoms with van der Waals surface area (Å²) in [4.78, 5) is 64.2. The van der Waals surface area contributed by atoms with Crippen molar-refractivity contribution in [1.82, 2.24) is 0 Å². The molecule has 184 valence electrons. The molecule has 5 atom stereocenters. The van der Waals surface area contributed by atoms with Crippen molar-refractivity contribution in [2.75, 3.05) is 16.3 Å². The van der Waals surface area contributed by atoms with Crippen molar-refractivity contribution >= 4 is 40.8 Å². The van der Waals surface area contributed by atoms with Crippen LogP contribution in [0.1, 0.15) is 25.7 Å². The Morgan fingerprint density at radius 3 is 2.06 bits per heavy atom. The van der Waals surface area contributed by atoms with E-state index in [1.165, 1.54) is 34.1 Å². The maximum atomic E-state index is 13.0. The maximum Gasteiger partial charge on any atom is 0.316 e. The van der Waals surface area contributed by atoms with Gasteiger partial charge in [-0.1, -0.05) is 0 Å². The van der Waals surface area contributed by atoms with E-state index >= 15 is 0 Å². The maximum absolute atomic E-state index is 13.0. The summed E-state index contributed by atoms with van der Waals surface area (Å²) in [5, 5.41) is 10.8. The number of anilines is 2. The number of nitrogens with zero attached hydrogens (tertiary/aromatic N) is 3. The normalized spacial score (nSPS) is 28.7. The Balaban J connectivity index is 1.11. The van der Waals surface area contributed by atoms with E-state index in [9.17, 15) is 29.3 Å². The first-order valence-corrected chi connectivity index (χ1v) is 12.1. The number of esters is 1. The minimum absolute atomic E-state index is 0.0319. The number of rotatable bonds is 5. The largest absolute Gasteiger partial charge is 0.426 e. The van der Waals surface area contributed by atoms with Gasteiger partial charge in [-0.2, -0.15) is 0 Å².